The van der Waals surface area contributed by atoms with E-state index < -0.39 is 17.7 Å². The molecule has 0 saturated carbocycles. The summed E-state index contributed by atoms with van der Waals surface area (Å²) in [7, 11) is 0. The highest BCUT2D eigenvalue weighted by molar-refractivity contribution is 5.96. The van der Waals surface area contributed by atoms with E-state index >= 15 is 0 Å². The van der Waals surface area contributed by atoms with Gasteiger partial charge in [0.1, 0.15) is 0 Å². The average molecular weight is 425 g/mol. The van der Waals surface area contributed by atoms with Gasteiger partial charge in [0.25, 0.3) is 0 Å². The van der Waals surface area contributed by atoms with Crippen molar-refractivity contribution < 1.29 is 22.8 Å². The number of halogens is 3. The molecule has 30 heavy (non-hydrogen) atoms. The number of amides is 2. The van der Waals surface area contributed by atoms with Crippen molar-refractivity contribution in [1.82, 2.24) is 4.90 Å². The van der Waals surface area contributed by atoms with Crippen molar-refractivity contribution in [2.75, 3.05) is 36.4 Å². The lowest BCUT2D eigenvalue weighted by molar-refractivity contribution is -0.138. The summed E-state index contributed by atoms with van der Waals surface area (Å²) in [4.78, 5) is 28.9. The third-order valence-electron chi connectivity index (χ3n) is 5.89. The van der Waals surface area contributed by atoms with Crippen LogP contribution in [0.15, 0.2) is 18.2 Å². The van der Waals surface area contributed by atoms with Gasteiger partial charge in [0.05, 0.1) is 22.9 Å². The Morgan fingerprint density at radius 2 is 1.83 bits per heavy atom. The SMILES string of the molecule is CCCC(=O)N1CCCC(C(=O)Nc2cc(C(F)(F)F)ccc2N2CCCCC2)C1. The summed E-state index contributed by atoms with van der Waals surface area (Å²) < 4.78 is 39.8. The van der Waals surface area contributed by atoms with Crippen LogP contribution >= 0.6 is 0 Å². The minimum absolute atomic E-state index is 0.0306. The number of likely N-dealkylation sites (tertiary alicyclic amines) is 1. The Kier molecular flexibility index (Phi) is 7.26. The normalized spacial score (nSPS) is 20.2. The van der Waals surface area contributed by atoms with E-state index in [9.17, 15) is 22.8 Å². The topological polar surface area (TPSA) is 52.7 Å². The number of benzene rings is 1. The van der Waals surface area contributed by atoms with Crippen LogP contribution in [0.5, 0.6) is 0 Å². The number of carbonyl (C=O) groups excluding carboxylic acids is 2. The molecule has 2 amide bonds. The van der Waals surface area contributed by atoms with Crippen molar-refractivity contribution in [3.63, 3.8) is 0 Å². The lowest BCUT2D eigenvalue weighted by Gasteiger charge is -2.33. The maximum atomic E-state index is 13.3. The van der Waals surface area contributed by atoms with Gasteiger partial charge in [0.2, 0.25) is 11.8 Å². The molecule has 0 bridgehead atoms. The van der Waals surface area contributed by atoms with Crippen LogP contribution in [0.1, 0.15) is 57.4 Å². The van der Waals surface area contributed by atoms with E-state index in [0.29, 0.717) is 31.6 Å². The highest BCUT2D eigenvalue weighted by atomic mass is 19.4. The number of hydrogen-bond acceptors (Lipinski definition) is 3. The number of nitrogens with zero attached hydrogens (tertiary/aromatic N) is 2. The molecule has 0 radical (unpaired) electrons. The van der Waals surface area contributed by atoms with Gasteiger partial charge in [-0.2, -0.15) is 13.2 Å². The molecule has 2 aliphatic rings. The van der Waals surface area contributed by atoms with Crippen molar-refractivity contribution in [2.24, 2.45) is 5.92 Å². The number of anilines is 2. The second-order valence-electron chi connectivity index (χ2n) is 8.20. The fraction of sp³-hybridized carbons (Fsp3) is 0.636. The molecule has 3 rings (SSSR count). The lowest BCUT2D eigenvalue weighted by Crippen LogP contribution is -2.43. The van der Waals surface area contributed by atoms with Crippen molar-refractivity contribution in [2.45, 2.75) is 58.0 Å². The average Bonchev–Trinajstić information content (AvgIpc) is 2.74. The second kappa shape index (κ2) is 9.71. The molecule has 1 atom stereocenters. The molecule has 0 spiro atoms. The van der Waals surface area contributed by atoms with Crippen LogP contribution in [0.25, 0.3) is 0 Å². The van der Waals surface area contributed by atoms with Gasteiger partial charge in [-0.1, -0.05) is 6.92 Å². The molecule has 1 aromatic rings. The molecule has 5 nitrogen and oxygen atoms in total. The first-order valence-electron chi connectivity index (χ1n) is 10.8. The maximum absolute atomic E-state index is 13.3. The van der Waals surface area contributed by atoms with Gasteiger partial charge in [-0.3, -0.25) is 9.59 Å². The van der Waals surface area contributed by atoms with E-state index in [2.05, 4.69) is 5.32 Å². The summed E-state index contributed by atoms with van der Waals surface area (Å²) in [6.45, 7) is 4.41. The third-order valence-corrected chi connectivity index (χ3v) is 5.89. The predicted octanol–water partition coefficient (Wildman–Crippen LogP) is 4.67. The Morgan fingerprint density at radius 1 is 1.10 bits per heavy atom. The number of rotatable bonds is 5. The fourth-order valence-corrected chi connectivity index (χ4v) is 4.25. The molecule has 2 fully saturated rings. The molecule has 1 unspecified atom stereocenters. The van der Waals surface area contributed by atoms with Gasteiger partial charge >= 0.3 is 6.18 Å². The second-order valence-corrected chi connectivity index (χ2v) is 8.20. The summed E-state index contributed by atoms with van der Waals surface area (Å²) in [6.07, 6.45) is 1.11. The summed E-state index contributed by atoms with van der Waals surface area (Å²) in [5.41, 5.74) is 0.0569. The zero-order chi connectivity index (χ0) is 21.7. The highest BCUT2D eigenvalue weighted by Crippen LogP contribution is 2.36. The first kappa shape index (κ1) is 22.4. The van der Waals surface area contributed by atoms with E-state index in [1.165, 1.54) is 6.07 Å². The van der Waals surface area contributed by atoms with Crippen LogP contribution in [0.3, 0.4) is 0 Å². The van der Waals surface area contributed by atoms with E-state index in [-0.39, 0.29) is 17.5 Å². The largest absolute Gasteiger partial charge is 0.416 e. The number of alkyl halides is 3. The summed E-state index contributed by atoms with van der Waals surface area (Å²) >= 11 is 0. The predicted molar refractivity (Wildman–Crippen MR) is 110 cm³/mol. The fourth-order valence-electron chi connectivity index (χ4n) is 4.25. The molecule has 1 N–H and O–H groups in total. The molecule has 166 valence electrons. The Labute approximate surface area is 175 Å². The molecule has 1 aromatic carbocycles. The van der Waals surface area contributed by atoms with Crippen LogP contribution < -0.4 is 10.2 Å². The Balaban J connectivity index is 1.79. The Morgan fingerprint density at radius 3 is 2.50 bits per heavy atom. The number of nitrogens with one attached hydrogen (secondary N) is 1. The van der Waals surface area contributed by atoms with Gasteiger partial charge in [-0.05, 0) is 56.7 Å². The van der Waals surface area contributed by atoms with Crippen molar-refractivity contribution in [3.05, 3.63) is 23.8 Å². The lowest BCUT2D eigenvalue weighted by atomic mass is 9.96. The molecule has 2 saturated heterocycles. The van der Waals surface area contributed by atoms with Gasteiger partial charge < -0.3 is 15.1 Å². The standard InChI is InChI=1S/C22H30F3N3O2/c1-2-7-20(29)28-13-6-8-16(15-28)21(30)26-18-14-17(22(23,24)25)9-10-19(18)27-11-4-3-5-12-27/h9-10,14,16H,2-8,11-13,15H2,1H3,(H,26,30). The van der Waals surface area contributed by atoms with Crippen LogP contribution in [0.2, 0.25) is 0 Å². The summed E-state index contributed by atoms with van der Waals surface area (Å²) in [5, 5.41) is 2.76. The van der Waals surface area contributed by atoms with Crippen LogP contribution in [0, 0.1) is 5.92 Å². The van der Waals surface area contributed by atoms with Gasteiger partial charge in [0.15, 0.2) is 0 Å². The van der Waals surface area contributed by atoms with Gasteiger partial charge in [-0.15, -0.1) is 0 Å². The Bertz CT molecular complexity index is 760. The third kappa shape index (κ3) is 5.46. The first-order chi connectivity index (χ1) is 14.3. The maximum Gasteiger partial charge on any atom is 0.416 e. The van der Waals surface area contributed by atoms with Gasteiger partial charge in [-0.25, -0.2) is 0 Å². The quantitative estimate of drug-likeness (QED) is 0.746. The molecule has 2 heterocycles. The minimum Gasteiger partial charge on any atom is -0.370 e. The zero-order valence-corrected chi connectivity index (χ0v) is 17.4. The van der Waals surface area contributed by atoms with E-state index in [4.69, 9.17) is 0 Å². The molecule has 0 aliphatic carbocycles. The van der Waals surface area contributed by atoms with E-state index in [1.54, 1.807) is 4.90 Å². The highest BCUT2D eigenvalue weighted by Gasteiger charge is 2.33. The molecule has 2 aliphatic heterocycles. The summed E-state index contributed by atoms with van der Waals surface area (Å²) in [6, 6.07) is 3.57. The smallest absolute Gasteiger partial charge is 0.370 e. The van der Waals surface area contributed by atoms with Crippen LogP contribution in [-0.2, 0) is 15.8 Å². The summed E-state index contributed by atoms with van der Waals surface area (Å²) in [5.74, 6) is -0.701. The zero-order valence-electron chi connectivity index (χ0n) is 17.4. The van der Waals surface area contributed by atoms with Crippen LogP contribution in [0.4, 0.5) is 24.5 Å². The molecule has 0 aromatic heterocycles. The minimum atomic E-state index is -4.48. The molecular formula is C22H30F3N3O2. The van der Waals surface area contributed by atoms with Crippen molar-refractivity contribution in [1.29, 1.82) is 0 Å². The van der Waals surface area contributed by atoms with Crippen molar-refractivity contribution >= 4 is 23.2 Å². The van der Waals surface area contributed by atoms with Crippen molar-refractivity contribution in [3.8, 4) is 0 Å². The number of carbonyl (C=O) groups is 2. The molecule has 8 heteroatoms. The number of piperidine rings is 2. The van der Waals surface area contributed by atoms with Gasteiger partial charge in [0, 0.05) is 32.6 Å². The van der Waals surface area contributed by atoms with Crippen LogP contribution in [-0.4, -0.2) is 42.9 Å². The first-order valence-corrected chi connectivity index (χ1v) is 10.8. The monoisotopic (exact) mass is 425 g/mol. The van der Waals surface area contributed by atoms with E-state index in [1.807, 2.05) is 11.8 Å². The Hall–Kier alpha value is -2.25. The molecular weight excluding hydrogens is 395 g/mol. The van der Waals surface area contributed by atoms with E-state index in [0.717, 1.165) is 57.3 Å². The number of hydrogen-bond donors (Lipinski definition) is 1.